The first-order chi connectivity index (χ1) is 19.7. The molecule has 1 aromatic heterocycles. The highest BCUT2D eigenvalue weighted by Crippen LogP contribution is 2.29. The smallest absolute Gasteiger partial charge is 0.414 e. The molecule has 2 fully saturated rings. The number of carbonyl (C=O) groups is 2. The molecule has 1 atom stereocenters. The van der Waals surface area contributed by atoms with Gasteiger partial charge in [-0.15, -0.1) is 0 Å². The van der Waals surface area contributed by atoms with E-state index in [0.717, 1.165) is 0 Å². The second-order valence-electron chi connectivity index (χ2n) is 9.69. The lowest BCUT2D eigenvalue weighted by molar-refractivity contribution is -0.119. The number of nitrogens with zero attached hydrogens (tertiary/aromatic N) is 3. The van der Waals surface area contributed by atoms with Crippen molar-refractivity contribution in [1.29, 1.82) is 0 Å². The van der Waals surface area contributed by atoms with E-state index in [9.17, 15) is 18.0 Å². The molecule has 216 valence electrons. The lowest BCUT2D eigenvalue weighted by atomic mass is 10.0. The molecule has 41 heavy (non-hydrogen) atoms. The number of pyridine rings is 1. The van der Waals surface area contributed by atoms with Gasteiger partial charge in [0.1, 0.15) is 22.6 Å². The minimum Gasteiger partial charge on any atom is -0.442 e. The summed E-state index contributed by atoms with van der Waals surface area (Å²) in [7, 11) is -3.78. The summed E-state index contributed by atoms with van der Waals surface area (Å²) in [5, 5.41) is 2.60. The molecule has 0 bridgehead atoms. The van der Waals surface area contributed by atoms with Gasteiger partial charge in [-0.1, -0.05) is 24.3 Å². The topological polar surface area (TPSA) is 130 Å². The monoisotopic (exact) mass is 583 g/mol. The molecular formula is C28H30FN5O6S. The second-order valence-corrected chi connectivity index (χ2v) is 11.5. The number of cyclic esters (lactones) is 1. The van der Waals surface area contributed by atoms with Crippen molar-refractivity contribution in [3.63, 3.8) is 0 Å². The van der Waals surface area contributed by atoms with Crippen molar-refractivity contribution < 1.29 is 31.9 Å². The first-order valence-electron chi connectivity index (χ1n) is 13.1. The zero-order valence-electron chi connectivity index (χ0n) is 22.4. The molecule has 3 heterocycles. The molecule has 13 heteroatoms. The Morgan fingerprint density at radius 2 is 1.85 bits per heavy atom. The van der Waals surface area contributed by atoms with Crippen LogP contribution in [0.15, 0.2) is 65.7 Å². The number of benzene rings is 2. The van der Waals surface area contributed by atoms with Crippen LogP contribution in [0.4, 0.5) is 20.7 Å². The molecule has 0 saturated carbocycles. The third-order valence-electron chi connectivity index (χ3n) is 6.81. The number of aromatic nitrogens is 1. The predicted octanol–water partition coefficient (Wildman–Crippen LogP) is 2.66. The quantitative estimate of drug-likeness (QED) is 0.393. The van der Waals surface area contributed by atoms with Crippen LogP contribution in [0.3, 0.4) is 0 Å². The van der Waals surface area contributed by atoms with Gasteiger partial charge in [-0.2, -0.15) is 0 Å². The summed E-state index contributed by atoms with van der Waals surface area (Å²) >= 11 is 0. The molecule has 2 aliphatic rings. The number of anilines is 2. The van der Waals surface area contributed by atoms with Gasteiger partial charge in [0.15, 0.2) is 0 Å². The summed E-state index contributed by atoms with van der Waals surface area (Å²) in [5.74, 6) is -0.0539. The van der Waals surface area contributed by atoms with Crippen LogP contribution in [0.1, 0.15) is 12.5 Å². The Balaban J connectivity index is 1.19. The molecule has 11 nitrogen and oxygen atoms in total. The van der Waals surface area contributed by atoms with Crippen molar-refractivity contribution in [2.24, 2.45) is 0 Å². The predicted molar refractivity (Wildman–Crippen MR) is 149 cm³/mol. The van der Waals surface area contributed by atoms with E-state index < -0.39 is 28.0 Å². The fourth-order valence-electron chi connectivity index (χ4n) is 4.58. The van der Waals surface area contributed by atoms with Gasteiger partial charge < -0.3 is 19.7 Å². The first kappa shape index (κ1) is 28.5. The first-order valence-corrected chi connectivity index (χ1v) is 14.6. The molecule has 2 saturated heterocycles. The Hall–Kier alpha value is -4.07. The van der Waals surface area contributed by atoms with E-state index in [1.165, 1.54) is 30.2 Å². The molecule has 5 rings (SSSR count). The molecule has 0 spiro atoms. The SMILES string of the molecule is CC(=O)NC[C@H]1CN(c2ccc(-c3ccc(CNS(=O)(=O)c4ccc(N5CCOCC5)nc4)cc3)c(F)c2)C(=O)O1. The van der Waals surface area contributed by atoms with Crippen molar-refractivity contribution in [1.82, 2.24) is 15.0 Å². The summed E-state index contributed by atoms with van der Waals surface area (Å²) in [6.45, 7) is 4.42. The van der Waals surface area contributed by atoms with Crippen molar-refractivity contribution >= 4 is 33.5 Å². The highest BCUT2D eigenvalue weighted by molar-refractivity contribution is 7.89. The second kappa shape index (κ2) is 12.2. The summed E-state index contributed by atoms with van der Waals surface area (Å²) in [4.78, 5) is 31.1. The molecule has 2 aliphatic heterocycles. The maximum atomic E-state index is 15.1. The van der Waals surface area contributed by atoms with Gasteiger partial charge in [0.25, 0.3) is 0 Å². The van der Waals surface area contributed by atoms with Crippen molar-refractivity contribution in [3.05, 3.63) is 72.2 Å². The van der Waals surface area contributed by atoms with Crippen molar-refractivity contribution in [2.75, 3.05) is 49.2 Å². The van der Waals surface area contributed by atoms with Crippen LogP contribution in [0, 0.1) is 5.82 Å². The van der Waals surface area contributed by atoms with Crippen LogP contribution < -0.4 is 19.8 Å². The van der Waals surface area contributed by atoms with Crippen LogP contribution >= 0.6 is 0 Å². The molecule has 2 aromatic carbocycles. The Bertz CT molecular complexity index is 1510. The van der Waals surface area contributed by atoms with Crippen LogP contribution in [0.5, 0.6) is 0 Å². The Kier molecular flexibility index (Phi) is 8.47. The normalized spacial score (nSPS) is 17.4. The standard InChI is InChI=1S/C28H30FN5O6S/c1-19(35)30-16-23-18-34(28(36)40-23)22-6-8-25(26(29)14-22)21-4-2-20(3-5-21)15-32-41(37,38)24-7-9-27(31-17-24)33-10-12-39-13-11-33/h2-9,14,17,23,32H,10-13,15-16,18H2,1H3,(H,30,35)/t23-/m0/s1. The van der Waals surface area contributed by atoms with E-state index in [-0.39, 0.29) is 30.4 Å². The Morgan fingerprint density at radius 3 is 2.51 bits per heavy atom. The number of ether oxygens (including phenoxy) is 2. The fourth-order valence-corrected chi connectivity index (χ4v) is 5.54. The van der Waals surface area contributed by atoms with E-state index in [2.05, 4.69) is 15.0 Å². The number of nitrogens with one attached hydrogen (secondary N) is 2. The van der Waals surface area contributed by atoms with Crippen LogP contribution in [0.25, 0.3) is 11.1 Å². The molecular weight excluding hydrogens is 553 g/mol. The number of amides is 2. The highest BCUT2D eigenvalue weighted by atomic mass is 32.2. The van der Waals surface area contributed by atoms with Gasteiger partial charge >= 0.3 is 6.09 Å². The zero-order chi connectivity index (χ0) is 29.0. The van der Waals surface area contributed by atoms with Crippen molar-refractivity contribution in [2.45, 2.75) is 24.5 Å². The summed E-state index contributed by atoms with van der Waals surface area (Å²) < 4.78 is 53.8. The molecule has 0 aliphatic carbocycles. The minimum atomic E-state index is -3.78. The Labute approximate surface area is 237 Å². The average molecular weight is 584 g/mol. The van der Waals surface area contributed by atoms with Gasteiger partial charge in [0.05, 0.1) is 32.0 Å². The number of morpholine rings is 1. The number of hydrogen-bond donors (Lipinski definition) is 2. The fraction of sp³-hybridized carbons (Fsp3) is 0.321. The lowest BCUT2D eigenvalue weighted by Crippen LogP contribution is -2.36. The van der Waals surface area contributed by atoms with E-state index in [1.807, 2.05) is 4.90 Å². The number of hydrogen-bond acceptors (Lipinski definition) is 8. The maximum Gasteiger partial charge on any atom is 0.414 e. The molecule has 0 unspecified atom stereocenters. The summed E-state index contributed by atoms with van der Waals surface area (Å²) in [6.07, 6.45) is 0.209. The molecule has 3 aromatic rings. The molecule has 0 radical (unpaired) electrons. The summed E-state index contributed by atoms with van der Waals surface area (Å²) in [6, 6.07) is 14.5. The Morgan fingerprint density at radius 1 is 1.10 bits per heavy atom. The lowest BCUT2D eigenvalue weighted by Gasteiger charge is -2.27. The van der Waals surface area contributed by atoms with Crippen LogP contribution in [-0.2, 0) is 30.8 Å². The van der Waals surface area contributed by atoms with Gasteiger partial charge in [-0.05, 0) is 41.5 Å². The number of sulfonamides is 1. The van der Waals surface area contributed by atoms with Crippen LogP contribution in [-0.4, -0.2) is 70.9 Å². The largest absolute Gasteiger partial charge is 0.442 e. The number of carbonyl (C=O) groups excluding carboxylic acids is 2. The number of halogens is 1. The van der Waals surface area contributed by atoms with Gasteiger partial charge in [0.2, 0.25) is 15.9 Å². The third-order valence-corrected chi connectivity index (χ3v) is 8.20. The number of rotatable bonds is 9. The van der Waals surface area contributed by atoms with E-state index in [0.29, 0.717) is 54.5 Å². The van der Waals surface area contributed by atoms with E-state index in [4.69, 9.17) is 9.47 Å². The zero-order valence-corrected chi connectivity index (χ0v) is 23.2. The van der Waals surface area contributed by atoms with Crippen LogP contribution in [0.2, 0.25) is 0 Å². The van der Waals surface area contributed by atoms with Crippen molar-refractivity contribution in [3.8, 4) is 11.1 Å². The highest BCUT2D eigenvalue weighted by Gasteiger charge is 2.32. The van der Waals surface area contributed by atoms with E-state index >= 15 is 4.39 Å². The molecule has 2 N–H and O–H groups in total. The average Bonchev–Trinajstić information content (AvgIpc) is 3.36. The molecule has 2 amide bonds. The third kappa shape index (κ3) is 6.81. The maximum absolute atomic E-state index is 15.1. The van der Waals surface area contributed by atoms with Gasteiger partial charge in [0, 0.05) is 38.3 Å². The van der Waals surface area contributed by atoms with Gasteiger partial charge in [-0.25, -0.2) is 27.3 Å². The summed E-state index contributed by atoms with van der Waals surface area (Å²) in [5.41, 5.74) is 1.96. The minimum absolute atomic E-state index is 0.0476. The van der Waals surface area contributed by atoms with E-state index in [1.54, 1.807) is 42.5 Å². The van der Waals surface area contributed by atoms with Gasteiger partial charge in [-0.3, -0.25) is 9.69 Å².